The third kappa shape index (κ3) is 1.66. The smallest absolute Gasteiger partial charge is 0.326 e. The van der Waals surface area contributed by atoms with Crippen molar-refractivity contribution in [2.75, 3.05) is 13.7 Å². The standard InChI is InChI=1S/C7H11NO3S/c1-11-7(12)8-4-2-3-5(8)6(9)10/h5H,2-4H2,1H3,(H,9,10)/t5-/m0/s1. The minimum absolute atomic E-state index is 0.278. The molecule has 0 bridgehead atoms. The lowest BCUT2D eigenvalue weighted by Crippen LogP contribution is -2.40. The molecule has 1 heterocycles. The number of carboxylic acid groups (broad SMARTS) is 1. The number of carbonyl (C=O) groups is 1. The van der Waals surface area contributed by atoms with E-state index in [9.17, 15) is 4.79 Å². The van der Waals surface area contributed by atoms with Crippen molar-refractivity contribution in [1.29, 1.82) is 0 Å². The van der Waals surface area contributed by atoms with Gasteiger partial charge in [0, 0.05) is 6.54 Å². The van der Waals surface area contributed by atoms with Gasteiger partial charge in [0.2, 0.25) is 0 Å². The molecule has 1 aliphatic heterocycles. The van der Waals surface area contributed by atoms with Crippen LogP contribution in [0.2, 0.25) is 0 Å². The second-order valence-electron chi connectivity index (χ2n) is 2.66. The Labute approximate surface area is 76.1 Å². The Kier molecular flexibility index (Phi) is 2.86. The Hall–Kier alpha value is -0.840. The van der Waals surface area contributed by atoms with Gasteiger partial charge >= 0.3 is 5.97 Å². The molecule has 0 unspecified atom stereocenters. The van der Waals surface area contributed by atoms with Gasteiger partial charge in [-0.3, -0.25) is 0 Å². The van der Waals surface area contributed by atoms with Crippen molar-refractivity contribution in [3.05, 3.63) is 0 Å². The van der Waals surface area contributed by atoms with Crippen LogP contribution in [0.5, 0.6) is 0 Å². The molecule has 0 saturated carbocycles. The highest BCUT2D eigenvalue weighted by Crippen LogP contribution is 2.17. The maximum Gasteiger partial charge on any atom is 0.326 e. The SMILES string of the molecule is COC(=S)N1CCC[C@H]1C(=O)O. The molecule has 1 fully saturated rings. The van der Waals surface area contributed by atoms with Gasteiger partial charge in [0.05, 0.1) is 7.11 Å². The van der Waals surface area contributed by atoms with Gasteiger partial charge in [0.15, 0.2) is 0 Å². The molecule has 12 heavy (non-hydrogen) atoms. The second-order valence-corrected chi connectivity index (χ2v) is 3.01. The molecule has 0 aromatic heterocycles. The summed E-state index contributed by atoms with van der Waals surface area (Å²) in [6.07, 6.45) is 1.51. The van der Waals surface area contributed by atoms with Crippen molar-refractivity contribution >= 4 is 23.4 Å². The van der Waals surface area contributed by atoms with E-state index in [0.29, 0.717) is 13.0 Å². The molecule has 1 saturated heterocycles. The van der Waals surface area contributed by atoms with Crippen LogP contribution in [-0.4, -0.2) is 40.8 Å². The number of rotatable bonds is 1. The lowest BCUT2D eigenvalue weighted by atomic mass is 10.2. The Balaban J connectivity index is 2.63. The van der Waals surface area contributed by atoms with Crippen molar-refractivity contribution in [2.24, 2.45) is 0 Å². The monoisotopic (exact) mass is 189 g/mol. The zero-order chi connectivity index (χ0) is 9.14. The van der Waals surface area contributed by atoms with E-state index < -0.39 is 12.0 Å². The molecule has 0 aromatic rings. The predicted molar refractivity (Wildman–Crippen MR) is 47.0 cm³/mol. The molecule has 1 aliphatic rings. The third-order valence-corrected chi connectivity index (χ3v) is 2.35. The number of thiocarbonyl (C=S) groups is 1. The molecule has 0 radical (unpaired) electrons. The van der Waals surface area contributed by atoms with Gasteiger partial charge in [0.25, 0.3) is 5.17 Å². The zero-order valence-electron chi connectivity index (χ0n) is 6.82. The van der Waals surface area contributed by atoms with Crippen LogP contribution in [0.4, 0.5) is 0 Å². The lowest BCUT2D eigenvalue weighted by Gasteiger charge is -2.21. The highest BCUT2D eigenvalue weighted by Gasteiger charge is 2.32. The van der Waals surface area contributed by atoms with E-state index >= 15 is 0 Å². The summed E-state index contributed by atoms with van der Waals surface area (Å²) in [6.45, 7) is 0.684. The molecule has 4 nitrogen and oxygen atoms in total. The molecule has 1 atom stereocenters. The van der Waals surface area contributed by atoms with Crippen LogP contribution in [0, 0.1) is 0 Å². The highest BCUT2D eigenvalue weighted by atomic mass is 32.1. The molecule has 5 heteroatoms. The fourth-order valence-electron chi connectivity index (χ4n) is 1.36. The minimum atomic E-state index is -0.827. The molecule has 0 amide bonds. The first kappa shape index (κ1) is 9.25. The maximum atomic E-state index is 10.7. The summed E-state index contributed by atoms with van der Waals surface area (Å²) in [5.41, 5.74) is 0. The summed E-state index contributed by atoms with van der Waals surface area (Å²) in [5, 5.41) is 9.05. The first-order valence-corrected chi connectivity index (χ1v) is 4.15. The summed E-state index contributed by atoms with van der Waals surface area (Å²) < 4.78 is 4.81. The van der Waals surface area contributed by atoms with E-state index in [-0.39, 0.29) is 5.17 Å². The molecule has 1 N–H and O–H groups in total. The highest BCUT2D eigenvalue weighted by molar-refractivity contribution is 7.80. The number of hydrogen-bond donors (Lipinski definition) is 1. The number of likely N-dealkylation sites (tertiary alicyclic amines) is 1. The largest absolute Gasteiger partial charge is 0.480 e. The quantitative estimate of drug-likeness (QED) is 0.607. The van der Waals surface area contributed by atoms with Gasteiger partial charge in [-0.2, -0.15) is 0 Å². The lowest BCUT2D eigenvalue weighted by molar-refractivity contribution is -0.141. The van der Waals surface area contributed by atoms with Crippen molar-refractivity contribution in [3.63, 3.8) is 0 Å². The van der Waals surface area contributed by atoms with E-state index in [4.69, 9.17) is 22.1 Å². The summed E-state index contributed by atoms with van der Waals surface area (Å²) >= 11 is 4.85. The van der Waals surface area contributed by atoms with Crippen LogP contribution in [-0.2, 0) is 9.53 Å². The first-order chi connectivity index (χ1) is 5.66. The van der Waals surface area contributed by atoms with Crippen LogP contribution >= 0.6 is 12.2 Å². The fraction of sp³-hybridized carbons (Fsp3) is 0.714. The van der Waals surface area contributed by atoms with Crippen molar-refractivity contribution in [2.45, 2.75) is 18.9 Å². The average molecular weight is 189 g/mol. The average Bonchev–Trinajstić information content (AvgIpc) is 2.50. The number of aliphatic carboxylic acids is 1. The van der Waals surface area contributed by atoms with Gasteiger partial charge < -0.3 is 14.7 Å². The number of carboxylic acids is 1. The molecule has 1 rings (SSSR count). The first-order valence-electron chi connectivity index (χ1n) is 3.74. The molecular weight excluding hydrogens is 178 g/mol. The van der Waals surface area contributed by atoms with E-state index in [1.807, 2.05) is 0 Å². The van der Waals surface area contributed by atoms with Crippen molar-refractivity contribution in [3.8, 4) is 0 Å². The zero-order valence-corrected chi connectivity index (χ0v) is 7.63. The summed E-state index contributed by atoms with van der Waals surface area (Å²) in [4.78, 5) is 12.3. The summed E-state index contributed by atoms with van der Waals surface area (Å²) in [5.74, 6) is -0.827. The molecule has 0 aliphatic carbocycles. The third-order valence-electron chi connectivity index (χ3n) is 1.95. The summed E-state index contributed by atoms with van der Waals surface area (Å²) in [6, 6.07) is -0.488. The molecular formula is C7H11NO3S. The van der Waals surface area contributed by atoms with E-state index in [1.165, 1.54) is 7.11 Å². The van der Waals surface area contributed by atoms with Gasteiger partial charge in [-0.05, 0) is 25.1 Å². The molecule has 68 valence electrons. The number of nitrogens with zero attached hydrogens (tertiary/aromatic N) is 1. The van der Waals surface area contributed by atoms with Crippen LogP contribution in [0.1, 0.15) is 12.8 Å². The van der Waals surface area contributed by atoms with Crippen LogP contribution < -0.4 is 0 Å². The summed E-state index contributed by atoms with van der Waals surface area (Å²) in [7, 11) is 1.46. The molecule has 0 aromatic carbocycles. The number of methoxy groups -OCH3 is 1. The Morgan fingerprint density at radius 3 is 2.92 bits per heavy atom. The number of hydrogen-bond acceptors (Lipinski definition) is 3. The Morgan fingerprint density at radius 1 is 1.75 bits per heavy atom. The minimum Gasteiger partial charge on any atom is -0.480 e. The second kappa shape index (κ2) is 3.71. The van der Waals surface area contributed by atoms with Crippen LogP contribution in [0.25, 0.3) is 0 Å². The van der Waals surface area contributed by atoms with E-state index in [2.05, 4.69) is 0 Å². The van der Waals surface area contributed by atoms with Gasteiger partial charge in [-0.15, -0.1) is 0 Å². The van der Waals surface area contributed by atoms with Crippen molar-refractivity contribution in [1.82, 2.24) is 4.90 Å². The Morgan fingerprint density at radius 2 is 2.42 bits per heavy atom. The van der Waals surface area contributed by atoms with Crippen molar-refractivity contribution < 1.29 is 14.6 Å². The van der Waals surface area contributed by atoms with E-state index in [1.54, 1.807) is 4.90 Å². The van der Waals surface area contributed by atoms with Crippen LogP contribution in [0.15, 0.2) is 0 Å². The van der Waals surface area contributed by atoms with Gasteiger partial charge in [0.1, 0.15) is 6.04 Å². The van der Waals surface area contributed by atoms with Gasteiger partial charge in [-0.1, -0.05) is 0 Å². The fourth-order valence-corrected chi connectivity index (χ4v) is 1.58. The molecule has 0 spiro atoms. The topological polar surface area (TPSA) is 49.8 Å². The Bertz CT molecular complexity index is 207. The predicted octanol–water partition coefficient (Wildman–Crippen LogP) is 0.467. The van der Waals surface area contributed by atoms with Gasteiger partial charge in [-0.25, -0.2) is 4.79 Å². The normalized spacial score (nSPS) is 22.4. The van der Waals surface area contributed by atoms with E-state index in [0.717, 1.165) is 6.42 Å². The number of ether oxygens (including phenoxy) is 1. The van der Waals surface area contributed by atoms with Crippen LogP contribution in [0.3, 0.4) is 0 Å². The maximum absolute atomic E-state index is 10.7.